The van der Waals surface area contributed by atoms with Gasteiger partial charge in [-0.2, -0.15) is 0 Å². The molecule has 1 saturated heterocycles. The zero-order chi connectivity index (χ0) is 15.4. The molecule has 1 heterocycles. The zero-order valence-corrected chi connectivity index (χ0v) is 13.1. The minimum Gasteiger partial charge on any atom is -0.354 e. The topological polar surface area (TPSA) is 52.7 Å². The number of anilines is 1. The fourth-order valence-corrected chi connectivity index (χ4v) is 2.45. The van der Waals surface area contributed by atoms with Crippen LogP contribution in [-0.2, 0) is 9.59 Å². The van der Waals surface area contributed by atoms with E-state index >= 15 is 0 Å². The van der Waals surface area contributed by atoms with Crippen molar-refractivity contribution < 1.29 is 9.59 Å². The van der Waals surface area contributed by atoms with Gasteiger partial charge in [0.15, 0.2) is 0 Å². The maximum Gasteiger partial charge on any atom is 0.239 e. The number of nitrogens with one attached hydrogen (secondary N) is 1. The third-order valence-electron chi connectivity index (χ3n) is 3.52. The van der Waals surface area contributed by atoms with Crippen LogP contribution in [0.5, 0.6) is 0 Å². The number of nitrogens with zero attached hydrogens (tertiary/aromatic N) is 2. The minimum absolute atomic E-state index is 0.139. The summed E-state index contributed by atoms with van der Waals surface area (Å²) in [5, 5.41) is 3.45. The van der Waals surface area contributed by atoms with Crippen LogP contribution >= 0.6 is 11.6 Å². The first-order valence-corrected chi connectivity index (χ1v) is 7.36. The van der Waals surface area contributed by atoms with Crippen molar-refractivity contribution in [2.24, 2.45) is 5.92 Å². The molecule has 1 aliphatic rings. The summed E-state index contributed by atoms with van der Waals surface area (Å²) in [5.74, 6) is -0.902. The van der Waals surface area contributed by atoms with Crippen LogP contribution < -0.4 is 10.2 Å². The number of halogens is 1. The molecule has 5 nitrogen and oxygen atoms in total. The molecule has 114 valence electrons. The highest BCUT2D eigenvalue weighted by molar-refractivity contribution is 6.30. The second-order valence-electron chi connectivity index (χ2n) is 5.40. The molecule has 0 aromatic heterocycles. The molecule has 2 amide bonds. The van der Waals surface area contributed by atoms with Gasteiger partial charge in [0, 0.05) is 30.3 Å². The standard InChI is InChI=1S/C15H20ClN3O2/c1-18(2)10-8-17-14(20)13-7-9-19(15(13)21)12-5-3-11(16)4-6-12/h3-6,13H,7-10H2,1-2H3,(H,17,20)/t13-/m1/s1. The number of amides is 2. The predicted octanol–water partition coefficient (Wildman–Crippen LogP) is 1.37. The molecule has 6 heteroatoms. The van der Waals surface area contributed by atoms with Crippen LogP contribution in [0.3, 0.4) is 0 Å². The largest absolute Gasteiger partial charge is 0.354 e. The molecule has 1 N–H and O–H groups in total. The first-order chi connectivity index (χ1) is 9.99. The van der Waals surface area contributed by atoms with E-state index in [0.29, 0.717) is 24.5 Å². The number of carbonyl (C=O) groups is 2. The van der Waals surface area contributed by atoms with Crippen LogP contribution in [0.1, 0.15) is 6.42 Å². The van der Waals surface area contributed by atoms with E-state index in [4.69, 9.17) is 11.6 Å². The normalized spacial score (nSPS) is 18.4. The Hall–Kier alpha value is -1.59. The monoisotopic (exact) mass is 309 g/mol. The van der Waals surface area contributed by atoms with Crippen molar-refractivity contribution in [3.8, 4) is 0 Å². The van der Waals surface area contributed by atoms with Gasteiger partial charge in [-0.3, -0.25) is 9.59 Å². The smallest absolute Gasteiger partial charge is 0.239 e. The van der Waals surface area contributed by atoms with E-state index in [-0.39, 0.29) is 11.8 Å². The zero-order valence-electron chi connectivity index (χ0n) is 12.3. The number of carbonyl (C=O) groups excluding carboxylic acids is 2. The molecule has 0 radical (unpaired) electrons. The number of benzene rings is 1. The van der Waals surface area contributed by atoms with Gasteiger partial charge in [-0.1, -0.05) is 11.6 Å². The van der Waals surface area contributed by atoms with E-state index < -0.39 is 5.92 Å². The highest BCUT2D eigenvalue weighted by Crippen LogP contribution is 2.26. The number of hydrogen-bond donors (Lipinski definition) is 1. The number of hydrogen-bond acceptors (Lipinski definition) is 3. The summed E-state index contributed by atoms with van der Waals surface area (Å²) in [7, 11) is 3.88. The summed E-state index contributed by atoms with van der Waals surface area (Å²) >= 11 is 5.85. The number of rotatable bonds is 5. The number of likely N-dealkylation sites (N-methyl/N-ethyl adjacent to an activating group) is 1. The lowest BCUT2D eigenvalue weighted by Gasteiger charge is -2.17. The lowest BCUT2D eigenvalue weighted by molar-refractivity contribution is -0.132. The van der Waals surface area contributed by atoms with E-state index in [2.05, 4.69) is 5.32 Å². The minimum atomic E-state index is -0.581. The van der Waals surface area contributed by atoms with Gasteiger partial charge in [-0.05, 0) is 44.8 Å². The Morgan fingerprint density at radius 2 is 2.05 bits per heavy atom. The van der Waals surface area contributed by atoms with Crippen LogP contribution in [-0.4, -0.2) is 50.4 Å². The quantitative estimate of drug-likeness (QED) is 0.836. The van der Waals surface area contributed by atoms with Gasteiger partial charge in [0.25, 0.3) is 0 Å². The second-order valence-corrected chi connectivity index (χ2v) is 5.84. The Labute approximate surface area is 129 Å². The fourth-order valence-electron chi connectivity index (χ4n) is 2.33. The van der Waals surface area contributed by atoms with E-state index in [0.717, 1.165) is 12.2 Å². The van der Waals surface area contributed by atoms with Crippen molar-refractivity contribution in [3.63, 3.8) is 0 Å². The molecule has 1 aromatic carbocycles. The molecule has 1 atom stereocenters. The molecule has 0 saturated carbocycles. The Balaban J connectivity index is 1.94. The van der Waals surface area contributed by atoms with Crippen molar-refractivity contribution in [1.29, 1.82) is 0 Å². The van der Waals surface area contributed by atoms with Crippen LogP contribution in [0, 0.1) is 5.92 Å². The van der Waals surface area contributed by atoms with Crippen LogP contribution in [0.15, 0.2) is 24.3 Å². The molecular weight excluding hydrogens is 290 g/mol. The first kappa shape index (κ1) is 15.8. The van der Waals surface area contributed by atoms with Crippen molar-refractivity contribution in [2.75, 3.05) is 38.6 Å². The van der Waals surface area contributed by atoms with Gasteiger partial charge in [0.05, 0.1) is 0 Å². The summed E-state index contributed by atoms with van der Waals surface area (Å²) in [6, 6.07) is 7.09. The van der Waals surface area contributed by atoms with Crippen LogP contribution in [0.25, 0.3) is 0 Å². The third-order valence-corrected chi connectivity index (χ3v) is 3.77. The van der Waals surface area contributed by atoms with E-state index in [1.807, 2.05) is 19.0 Å². The molecule has 0 bridgehead atoms. The summed E-state index contributed by atoms with van der Waals surface area (Å²) in [4.78, 5) is 28.0. The Bertz CT molecular complexity index is 516. The second kappa shape index (κ2) is 6.91. The first-order valence-electron chi connectivity index (χ1n) is 6.98. The van der Waals surface area contributed by atoms with Gasteiger partial charge in [-0.15, -0.1) is 0 Å². The maximum atomic E-state index is 12.4. The van der Waals surface area contributed by atoms with Crippen LogP contribution in [0.2, 0.25) is 5.02 Å². The summed E-state index contributed by atoms with van der Waals surface area (Å²) < 4.78 is 0. The molecule has 1 aliphatic heterocycles. The van der Waals surface area contributed by atoms with E-state index in [9.17, 15) is 9.59 Å². The Morgan fingerprint density at radius 3 is 2.67 bits per heavy atom. The SMILES string of the molecule is CN(C)CCNC(=O)[C@H]1CCN(c2ccc(Cl)cc2)C1=O. The Morgan fingerprint density at radius 1 is 1.38 bits per heavy atom. The van der Waals surface area contributed by atoms with E-state index in [1.54, 1.807) is 29.2 Å². The van der Waals surface area contributed by atoms with Gasteiger partial charge in [-0.25, -0.2) is 0 Å². The predicted molar refractivity (Wildman–Crippen MR) is 83.5 cm³/mol. The van der Waals surface area contributed by atoms with E-state index in [1.165, 1.54) is 0 Å². The van der Waals surface area contributed by atoms with Gasteiger partial charge < -0.3 is 15.1 Å². The molecule has 0 aliphatic carbocycles. The maximum absolute atomic E-state index is 12.4. The summed E-state index contributed by atoms with van der Waals surface area (Å²) in [5.41, 5.74) is 0.785. The van der Waals surface area contributed by atoms with Crippen molar-refractivity contribution >= 4 is 29.1 Å². The average Bonchev–Trinajstić information content (AvgIpc) is 2.81. The average molecular weight is 310 g/mol. The molecule has 1 aromatic rings. The molecular formula is C15H20ClN3O2. The van der Waals surface area contributed by atoms with Crippen molar-refractivity contribution in [1.82, 2.24) is 10.2 Å². The fraction of sp³-hybridized carbons (Fsp3) is 0.467. The summed E-state index contributed by atoms with van der Waals surface area (Å²) in [6.45, 7) is 1.87. The Kier molecular flexibility index (Phi) is 5.20. The van der Waals surface area contributed by atoms with Crippen molar-refractivity contribution in [2.45, 2.75) is 6.42 Å². The molecule has 1 fully saturated rings. The van der Waals surface area contributed by atoms with Crippen LogP contribution in [0.4, 0.5) is 5.69 Å². The highest BCUT2D eigenvalue weighted by atomic mass is 35.5. The third kappa shape index (κ3) is 3.95. The van der Waals surface area contributed by atoms with Crippen molar-refractivity contribution in [3.05, 3.63) is 29.3 Å². The summed E-state index contributed by atoms with van der Waals surface area (Å²) in [6.07, 6.45) is 0.551. The molecule has 2 rings (SSSR count). The molecule has 21 heavy (non-hydrogen) atoms. The molecule has 0 unspecified atom stereocenters. The van der Waals surface area contributed by atoms with Gasteiger partial charge in [0.1, 0.15) is 5.92 Å². The lowest BCUT2D eigenvalue weighted by Crippen LogP contribution is -2.39. The lowest BCUT2D eigenvalue weighted by atomic mass is 10.1. The van der Waals surface area contributed by atoms with Gasteiger partial charge in [0.2, 0.25) is 11.8 Å². The molecule has 0 spiro atoms. The highest BCUT2D eigenvalue weighted by Gasteiger charge is 2.37. The van der Waals surface area contributed by atoms with Gasteiger partial charge >= 0.3 is 0 Å².